The SMILES string of the molecule is Cc1ccc2oc(Cc3ccc(NC(=O)/C=C/c4ccc(Cl)cc4)cc3)nc2c1. The third kappa shape index (κ3) is 4.92. The molecular formula is C24H19ClN2O2. The molecule has 0 atom stereocenters. The van der Waals surface area contributed by atoms with Gasteiger partial charge in [-0.1, -0.05) is 41.9 Å². The Hall–Kier alpha value is -3.37. The Labute approximate surface area is 173 Å². The van der Waals surface area contributed by atoms with Crippen LogP contribution in [0.2, 0.25) is 5.02 Å². The predicted molar refractivity (Wildman–Crippen MR) is 117 cm³/mol. The van der Waals surface area contributed by atoms with Crippen molar-refractivity contribution in [3.05, 3.63) is 100 Å². The third-order valence-corrected chi connectivity index (χ3v) is 4.71. The maximum absolute atomic E-state index is 12.1. The van der Waals surface area contributed by atoms with E-state index in [9.17, 15) is 4.79 Å². The lowest BCUT2D eigenvalue weighted by molar-refractivity contribution is -0.111. The first-order valence-corrected chi connectivity index (χ1v) is 9.63. The Kier molecular flexibility index (Phi) is 5.45. The van der Waals surface area contributed by atoms with Gasteiger partial charge in [0.1, 0.15) is 5.52 Å². The molecule has 0 unspecified atom stereocenters. The van der Waals surface area contributed by atoms with E-state index in [0.717, 1.165) is 33.5 Å². The number of amides is 1. The Morgan fingerprint density at radius 2 is 1.83 bits per heavy atom. The average Bonchev–Trinajstić information content (AvgIpc) is 3.10. The molecule has 1 amide bonds. The van der Waals surface area contributed by atoms with E-state index in [1.165, 1.54) is 6.08 Å². The summed E-state index contributed by atoms with van der Waals surface area (Å²) < 4.78 is 5.80. The number of halogens is 1. The number of aryl methyl sites for hydroxylation is 1. The average molecular weight is 403 g/mol. The molecular weight excluding hydrogens is 384 g/mol. The van der Waals surface area contributed by atoms with Crippen LogP contribution in [0.1, 0.15) is 22.6 Å². The molecule has 0 aliphatic rings. The van der Waals surface area contributed by atoms with E-state index >= 15 is 0 Å². The number of nitrogens with one attached hydrogen (secondary N) is 1. The first kappa shape index (κ1) is 19.0. The first-order valence-electron chi connectivity index (χ1n) is 9.25. The zero-order chi connectivity index (χ0) is 20.2. The van der Waals surface area contributed by atoms with Crippen LogP contribution in [0.4, 0.5) is 5.69 Å². The lowest BCUT2D eigenvalue weighted by atomic mass is 10.1. The van der Waals surface area contributed by atoms with E-state index in [1.54, 1.807) is 18.2 Å². The third-order valence-electron chi connectivity index (χ3n) is 4.46. The molecule has 1 N–H and O–H groups in total. The van der Waals surface area contributed by atoms with E-state index in [0.29, 0.717) is 17.3 Å². The van der Waals surface area contributed by atoms with E-state index in [-0.39, 0.29) is 5.91 Å². The Morgan fingerprint density at radius 3 is 2.59 bits per heavy atom. The first-order chi connectivity index (χ1) is 14.0. The number of fused-ring (bicyclic) bond motifs is 1. The number of rotatable bonds is 5. The molecule has 0 saturated heterocycles. The summed E-state index contributed by atoms with van der Waals surface area (Å²) in [5, 5.41) is 3.52. The number of aromatic nitrogens is 1. The fraction of sp³-hybridized carbons (Fsp3) is 0.0833. The molecule has 1 heterocycles. The van der Waals surface area contributed by atoms with Gasteiger partial charge in [-0.15, -0.1) is 0 Å². The number of carbonyl (C=O) groups is 1. The van der Waals surface area contributed by atoms with Crippen molar-refractivity contribution >= 4 is 40.4 Å². The molecule has 0 bridgehead atoms. The molecule has 29 heavy (non-hydrogen) atoms. The van der Waals surface area contributed by atoms with Crippen molar-refractivity contribution in [3.63, 3.8) is 0 Å². The van der Waals surface area contributed by atoms with Crippen molar-refractivity contribution in [1.82, 2.24) is 4.98 Å². The van der Waals surface area contributed by atoms with Crippen molar-refractivity contribution in [2.45, 2.75) is 13.3 Å². The molecule has 0 spiro atoms. The van der Waals surface area contributed by atoms with Crippen LogP contribution in [0.5, 0.6) is 0 Å². The van der Waals surface area contributed by atoms with Gasteiger partial charge in [-0.25, -0.2) is 4.98 Å². The van der Waals surface area contributed by atoms with E-state index in [1.807, 2.05) is 61.5 Å². The summed E-state index contributed by atoms with van der Waals surface area (Å²) in [6.07, 6.45) is 3.84. The number of hydrogen-bond donors (Lipinski definition) is 1. The molecule has 144 valence electrons. The van der Waals surface area contributed by atoms with Crippen molar-refractivity contribution in [2.24, 2.45) is 0 Å². The van der Waals surface area contributed by atoms with Crippen LogP contribution in [0.15, 0.2) is 77.2 Å². The highest BCUT2D eigenvalue weighted by atomic mass is 35.5. The van der Waals surface area contributed by atoms with Crippen molar-refractivity contribution in [2.75, 3.05) is 5.32 Å². The molecule has 4 nitrogen and oxygen atoms in total. The molecule has 0 fully saturated rings. The highest BCUT2D eigenvalue weighted by molar-refractivity contribution is 6.30. The number of oxazole rings is 1. The van der Waals surface area contributed by atoms with Crippen LogP contribution in [0.3, 0.4) is 0 Å². The summed E-state index contributed by atoms with van der Waals surface area (Å²) in [7, 11) is 0. The largest absolute Gasteiger partial charge is 0.440 e. The molecule has 0 aliphatic heterocycles. The van der Waals surface area contributed by atoms with Crippen LogP contribution >= 0.6 is 11.6 Å². The summed E-state index contributed by atoms with van der Waals surface area (Å²) in [6.45, 7) is 2.03. The van der Waals surface area contributed by atoms with Gasteiger partial charge in [0.25, 0.3) is 0 Å². The van der Waals surface area contributed by atoms with E-state index < -0.39 is 0 Å². The highest BCUT2D eigenvalue weighted by Crippen LogP contribution is 2.20. The quantitative estimate of drug-likeness (QED) is 0.414. The minimum atomic E-state index is -0.193. The molecule has 4 rings (SSSR count). The Morgan fingerprint density at radius 1 is 1.07 bits per heavy atom. The molecule has 5 heteroatoms. The second kappa shape index (κ2) is 8.33. The van der Waals surface area contributed by atoms with Crippen molar-refractivity contribution < 1.29 is 9.21 Å². The van der Waals surface area contributed by atoms with Gasteiger partial charge in [0.2, 0.25) is 5.91 Å². The second-order valence-electron chi connectivity index (χ2n) is 6.83. The van der Waals surface area contributed by atoms with Gasteiger partial charge in [-0.05, 0) is 66.1 Å². The molecule has 0 saturated carbocycles. The minimum Gasteiger partial charge on any atom is -0.440 e. The van der Waals surface area contributed by atoms with Gasteiger partial charge in [-0.2, -0.15) is 0 Å². The smallest absolute Gasteiger partial charge is 0.248 e. The van der Waals surface area contributed by atoms with E-state index in [4.69, 9.17) is 16.0 Å². The zero-order valence-electron chi connectivity index (χ0n) is 15.9. The van der Waals surface area contributed by atoms with Crippen LogP contribution < -0.4 is 5.32 Å². The summed E-state index contributed by atoms with van der Waals surface area (Å²) >= 11 is 5.86. The maximum atomic E-state index is 12.1. The molecule has 0 aliphatic carbocycles. The summed E-state index contributed by atoms with van der Waals surface area (Å²) in [6, 6.07) is 20.9. The minimum absolute atomic E-state index is 0.193. The van der Waals surface area contributed by atoms with Crippen LogP contribution in [-0.4, -0.2) is 10.9 Å². The van der Waals surface area contributed by atoms with Crippen molar-refractivity contribution in [1.29, 1.82) is 0 Å². The predicted octanol–water partition coefficient (Wildman–Crippen LogP) is 6.03. The van der Waals surface area contributed by atoms with Crippen LogP contribution in [-0.2, 0) is 11.2 Å². The number of carbonyl (C=O) groups excluding carboxylic acids is 1. The van der Waals surface area contributed by atoms with Gasteiger partial charge in [0.05, 0.1) is 0 Å². The number of benzene rings is 3. The fourth-order valence-electron chi connectivity index (χ4n) is 2.97. The summed E-state index contributed by atoms with van der Waals surface area (Å²) in [5.41, 5.74) is 5.52. The molecule has 3 aromatic carbocycles. The number of anilines is 1. The Bertz CT molecular complexity index is 1180. The van der Waals surface area contributed by atoms with Gasteiger partial charge in [0, 0.05) is 23.2 Å². The summed E-state index contributed by atoms with van der Waals surface area (Å²) in [5.74, 6) is 0.482. The second-order valence-corrected chi connectivity index (χ2v) is 7.26. The fourth-order valence-corrected chi connectivity index (χ4v) is 3.10. The monoisotopic (exact) mass is 402 g/mol. The topological polar surface area (TPSA) is 55.1 Å². The lowest BCUT2D eigenvalue weighted by Gasteiger charge is -2.04. The lowest BCUT2D eigenvalue weighted by Crippen LogP contribution is -2.07. The zero-order valence-corrected chi connectivity index (χ0v) is 16.6. The van der Waals surface area contributed by atoms with Crippen LogP contribution in [0, 0.1) is 6.92 Å². The molecule has 0 radical (unpaired) electrons. The highest BCUT2D eigenvalue weighted by Gasteiger charge is 2.07. The van der Waals surface area contributed by atoms with Gasteiger partial charge >= 0.3 is 0 Å². The van der Waals surface area contributed by atoms with Gasteiger partial charge < -0.3 is 9.73 Å². The Balaban J connectivity index is 1.38. The van der Waals surface area contributed by atoms with Crippen LogP contribution in [0.25, 0.3) is 17.2 Å². The standard InChI is InChI=1S/C24H19ClN2O2/c1-16-2-12-22-21(14-16)27-24(29-22)15-18-5-10-20(11-6-18)26-23(28)13-7-17-3-8-19(25)9-4-17/h2-14H,15H2,1H3,(H,26,28)/b13-7+. The molecule has 4 aromatic rings. The van der Waals surface area contributed by atoms with Crippen molar-refractivity contribution in [3.8, 4) is 0 Å². The van der Waals surface area contributed by atoms with E-state index in [2.05, 4.69) is 10.3 Å². The normalized spacial score (nSPS) is 11.2. The maximum Gasteiger partial charge on any atom is 0.248 e. The number of nitrogens with zero attached hydrogens (tertiary/aromatic N) is 1. The van der Waals surface area contributed by atoms with Gasteiger partial charge in [0.15, 0.2) is 11.5 Å². The van der Waals surface area contributed by atoms with Gasteiger partial charge in [-0.3, -0.25) is 4.79 Å². The number of hydrogen-bond acceptors (Lipinski definition) is 3. The summed E-state index contributed by atoms with van der Waals surface area (Å²) in [4.78, 5) is 16.7. The molecule has 1 aromatic heterocycles.